The van der Waals surface area contributed by atoms with Crippen molar-refractivity contribution in [1.29, 1.82) is 0 Å². The number of hydrogen-bond acceptors (Lipinski definition) is 3. The third kappa shape index (κ3) is 3.95. The minimum atomic E-state index is 0.154. The molecule has 1 rings (SSSR count). The first-order valence-electron chi connectivity index (χ1n) is 5.58. The lowest BCUT2D eigenvalue weighted by atomic mass is 10.1. The van der Waals surface area contributed by atoms with Crippen molar-refractivity contribution in [2.45, 2.75) is 44.2 Å². The number of halogens is 1. The molecular weight excluding hydrogens is 258 g/mol. The highest BCUT2D eigenvalue weighted by atomic mass is 35.5. The van der Waals surface area contributed by atoms with E-state index in [0.29, 0.717) is 16.4 Å². The predicted octanol–water partition coefficient (Wildman–Crippen LogP) is 4.57. The SMILES string of the molecule is CC(C)C(C)SC(c1ccc(Cl)s1)C(C)N. The highest BCUT2D eigenvalue weighted by Gasteiger charge is 2.22. The maximum atomic E-state index is 6.07. The van der Waals surface area contributed by atoms with E-state index in [1.807, 2.05) is 17.8 Å². The van der Waals surface area contributed by atoms with Gasteiger partial charge in [-0.25, -0.2) is 0 Å². The van der Waals surface area contributed by atoms with E-state index in [2.05, 4.69) is 33.8 Å². The summed E-state index contributed by atoms with van der Waals surface area (Å²) in [5.74, 6) is 0.668. The Morgan fingerprint density at radius 1 is 1.25 bits per heavy atom. The molecule has 92 valence electrons. The maximum Gasteiger partial charge on any atom is 0.0931 e. The quantitative estimate of drug-likeness (QED) is 0.853. The molecule has 3 unspecified atom stereocenters. The third-order valence-electron chi connectivity index (χ3n) is 2.65. The minimum absolute atomic E-state index is 0.154. The molecule has 0 amide bonds. The van der Waals surface area contributed by atoms with Gasteiger partial charge in [0.25, 0.3) is 0 Å². The Kier molecular flexibility index (Phi) is 5.65. The second kappa shape index (κ2) is 6.29. The number of hydrogen-bond donors (Lipinski definition) is 1. The standard InChI is InChI=1S/C12H20ClNS2/c1-7(2)9(4)15-12(8(3)14)10-5-6-11(13)16-10/h5-9,12H,14H2,1-4H3. The number of thioether (sulfide) groups is 1. The van der Waals surface area contributed by atoms with E-state index in [0.717, 1.165) is 4.34 Å². The van der Waals surface area contributed by atoms with Crippen molar-refractivity contribution in [3.8, 4) is 0 Å². The van der Waals surface area contributed by atoms with E-state index in [-0.39, 0.29) is 6.04 Å². The van der Waals surface area contributed by atoms with Gasteiger partial charge in [-0.05, 0) is 25.0 Å². The van der Waals surface area contributed by atoms with Gasteiger partial charge in [0, 0.05) is 16.2 Å². The Morgan fingerprint density at radius 2 is 1.88 bits per heavy atom. The van der Waals surface area contributed by atoms with Crippen LogP contribution in [0.2, 0.25) is 4.34 Å². The van der Waals surface area contributed by atoms with E-state index in [1.54, 1.807) is 11.3 Å². The monoisotopic (exact) mass is 277 g/mol. The Labute approximate surface area is 112 Å². The molecule has 0 saturated carbocycles. The van der Waals surface area contributed by atoms with Crippen LogP contribution in [0, 0.1) is 5.92 Å². The molecule has 0 aliphatic heterocycles. The van der Waals surface area contributed by atoms with E-state index in [4.69, 9.17) is 17.3 Å². The molecule has 0 bridgehead atoms. The van der Waals surface area contributed by atoms with E-state index >= 15 is 0 Å². The number of nitrogens with two attached hydrogens (primary N) is 1. The molecule has 4 heteroatoms. The van der Waals surface area contributed by atoms with Crippen LogP contribution in [0.3, 0.4) is 0 Å². The molecule has 0 aliphatic carbocycles. The highest BCUT2D eigenvalue weighted by Crippen LogP contribution is 2.40. The van der Waals surface area contributed by atoms with Gasteiger partial charge in [-0.2, -0.15) is 0 Å². The van der Waals surface area contributed by atoms with Crippen LogP contribution in [0.25, 0.3) is 0 Å². The first-order chi connectivity index (χ1) is 7.41. The van der Waals surface area contributed by atoms with Crippen LogP contribution in [-0.4, -0.2) is 11.3 Å². The summed E-state index contributed by atoms with van der Waals surface area (Å²) >= 11 is 9.57. The van der Waals surface area contributed by atoms with Gasteiger partial charge in [0.15, 0.2) is 0 Å². The molecule has 0 fully saturated rings. The zero-order chi connectivity index (χ0) is 12.3. The van der Waals surface area contributed by atoms with E-state index in [1.165, 1.54) is 4.88 Å². The molecule has 2 N–H and O–H groups in total. The minimum Gasteiger partial charge on any atom is -0.327 e. The predicted molar refractivity (Wildman–Crippen MR) is 77.6 cm³/mol. The molecule has 1 heterocycles. The fraction of sp³-hybridized carbons (Fsp3) is 0.667. The summed E-state index contributed by atoms with van der Waals surface area (Å²) in [5.41, 5.74) is 6.07. The van der Waals surface area contributed by atoms with E-state index in [9.17, 15) is 0 Å². The zero-order valence-corrected chi connectivity index (χ0v) is 12.6. The zero-order valence-electron chi connectivity index (χ0n) is 10.2. The Balaban J connectivity index is 2.76. The summed E-state index contributed by atoms with van der Waals surface area (Å²) in [6.07, 6.45) is 0. The number of thiophene rings is 1. The highest BCUT2D eigenvalue weighted by molar-refractivity contribution is 8.00. The Bertz CT molecular complexity index is 323. The summed E-state index contributed by atoms with van der Waals surface area (Å²) in [5, 5.41) is 0.965. The van der Waals surface area contributed by atoms with Crippen molar-refractivity contribution < 1.29 is 0 Å². The normalized spacial score (nSPS) is 17.4. The first kappa shape index (κ1) is 14.4. The van der Waals surface area contributed by atoms with Crippen LogP contribution in [0.1, 0.15) is 37.8 Å². The van der Waals surface area contributed by atoms with Gasteiger partial charge in [-0.1, -0.05) is 32.4 Å². The molecule has 1 aromatic heterocycles. The third-order valence-corrected chi connectivity index (χ3v) is 6.07. The van der Waals surface area contributed by atoms with Gasteiger partial charge < -0.3 is 5.73 Å². The Hall–Kier alpha value is 0.300. The summed E-state index contributed by atoms with van der Waals surface area (Å²) in [6, 6.07) is 4.21. The van der Waals surface area contributed by atoms with Gasteiger partial charge in [-0.3, -0.25) is 0 Å². The lowest BCUT2D eigenvalue weighted by molar-refractivity contribution is 0.632. The molecular formula is C12H20ClNS2. The molecule has 1 aromatic rings. The lowest BCUT2D eigenvalue weighted by Gasteiger charge is -2.25. The largest absolute Gasteiger partial charge is 0.327 e. The summed E-state index contributed by atoms with van der Waals surface area (Å²) in [6.45, 7) is 8.83. The van der Waals surface area contributed by atoms with Crippen molar-refractivity contribution in [2.75, 3.05) is 0 Å². The van der Waals surface area contributed by atoms with Gasteiger partial charge >= 0.3 is 0 Å². The lowest BCUT2D eigenvalue weighted by Crippen LogP contribution is -2.24. The van der Waals surface area contributed by atoms with Crippen molar-refractivity contribution in [3.05, 3.63) is 21.3 Å². The van der Waals surface area contributed by atoms with Crippen LogP contribution in [0.15, 0.2) is 12.1 Å². The van der Waals surface area contributed by atoms with Crippen molar-refractivity contribution in [2.24, 2.45) is 11.7 Å². The summed E-state index contributed by atoms with van der Waals surface area (Å²) < 4.78 is 0.846. The first-order valence-corrected chi connectivity index (χ1v) is 7.71. The average Bonchev–Trinajstić information content (AvgIpc) is 2.59. The van der Waals surface area contributed by atoms with Gasteiger partial charge in [0.2, 0.25) is 0 Å². The smallest absolute Gasteiger partial charge is 0.0931 e. The molecule has 0 saturated heterocycles. The maximum absolute atomic E-state index is 6.07. The van der Waals surface area contributed by atoms with Gasteiger partial charge in [-0.15, -0.1) is 23.1 Å². The fourth-order valence-corrected chi connectivity index (χ4v) is 4.03. The summed E-state index contributed by atoms with van der Waals surface area (Å²) in [7, 11) is 0. The van der Waals surface area contributed by atoms with Gasteiger partial charge in [0.05, 0.1) is 9.59 Å². The topological polar surface area (TPSA) is 26.0 Å². The van der Waals surface area contributed by atoms with Crippen molar-refractivity contribution in [3.63, 3.8) is 0 Å². The van der Waals surface area contributed by atoms with Crippen LogP contribution in [0.5, 0.6) is 0 Å². The van der Waals surface area contributed by atoms with Crippen LogP contribution >= 0.6 is 34.7 Å². The molecule has 0 radical (unpaired) electrons. The fourth-order valence-electron chi connectivity index (χ4n) is 1.32. The van der Waals surface area contributed by atoms with Crippen molar-refractivity contribution >= 4 is 34.7 Å². The molecule has 0 spiro atoms. The van der Waals surface area contributed by atoms with Crippen LogP contribution in [0.4, 0.5) is 0 Å². The molecule has 16 heavy (non-hydrogen) atoms. The number of rotatable bonds is 5. The van der Waals surface area contributed by atoms with Gasteiger partial charge in [0.1, 0.15) is 0 Å². The molecule has 0 aliphatic rings. The van der Waals surface area contributed by atoms with Crippen LogP contribution < -0.4 is 5.73 Å². The molecule has 1 nitrogen and oxygen atoms in total. The van der Waals surface area contributed by atoms with Crippen molar-refractivity contribution in [1.82, 2.24) is 0 Å². The summed E-state index contributed by atoms with van der Waals surface area (Å²) in [4.78, 5) is 1.29. The second-order valence-corrected chi connectivity index (χ2v) is 7.78. The average molecular weight is 278 g/mol. The molecule has 3 atom stereocenters. The van der Waals surface area contributed by atoms with Crippen LogP contribution in [-0.2, 0) is 0 Å². The molecule has 0 aromatic carbocycles. The van der Waals surface area contributed by atoms with E-state index < -0.39 is 0 Å². The second-order valence-electron chi connectivity index (χ2n) is 4.51. The Morgan fingerprint density at radius 3 is 2.25 bits per heavy atom.